The summed E-state index contributed by atoms with van der Waals surface area (Å²) in [6, 6.07) is 15.4. The second kappa shape index (κ2) is 6.54. The van der Waals surface area contributed by atoms with Crippen molar-refractivity contribution in [3.05, 3.63) is 58.6 Å². The minimum atomic E-state index is 0.211. The molecule has 0 radical (unpaired) electrons. The highest BCUT2D eigenvalue weighted by Crippen LogP contribution is 2.30. The number of rotatable bonds is 4. The summed E-state index contributed by atoms with van der Waals surface area (Å²) in [7, 11) is 1.91. The maximum Gasteiger partial charge on any atom is 0.191 e. The van der Waals surface area contributed by atoms with Crippen LogP contribution in [0, 0.1) is 0 Å². The van der Waals surface area contributed by atoms with Gasteiger partial charge in [0, 0.05) is 17.3 Å². The molecule has 2 aromatic carbocycles. The highest BCUT2D eigenvalue weighted by Gasteiger charge is 2.13. The summed E-state index contributed by atoms with van der Waals surface area (Å²) in [6.45, 7) is 0. The Morgan fingerprint density at radius 1 is 1.09 bits per heavy atom. The van der Waals surface area contributed by atoms with Crippen LogP contribution in [0.5, 0.6) is 5.75 Å². The van der Waals surface area contributed by atoms with Crippen LogP contribution in [0.4, 0.5) is 0 Å². The quantitative estimate of drug-likeness (QED) is 0.692. The first-order chi connectivity index (χ1) is 10.6. The van der Waals surface area contributed by atoms with Crippen molar-refractivity contribution in [2.75, 3.05) is 0 Å². The molecule has 3 rings (SSSR count). The van der Waals surface area contributed by atoms with Gasteiger partial charge in [-0.05, 0) is 29.8 Å². The van der Waals surface area contributed by atoms with E-state index in [2.05, 4.69) is 38.3 Å². The third-order valence-corrected chi connectivity index (χ3v) is 4.88. The van der Waals surface area contributed by atoms with E-state index in [0.29, 0.717) is 11.4 Å². The van der Waals surface area contributed by atoms with Gasteiger partial charge in [0.25, 0.3) is 0 Å². The second-order valence-corrected chi connectivity index (χ2v) is 6.66. The van der Waals surface area contributed by atoms with Gasteiger partial charge in [0.05, 0.1) is 5.56 Å². The Morgan fingerprint density at radius 2 is 1.82 bits per heavy atom. The largest absolute Gasteiger partial charge is 0.507 e. The molecule has 0 aliphatic carbocycles. The minimum absolute atomic E-state index is 0.211. The first kappa shape index (κ1) is 15.1. The molecular formula is C16H14BrN3OS. The lowest BCUT2D eigenvalue weighted by atomic mass is 10.2. The molecule has 0 amide bonds. The van der Waals surface area contributed by atoms with E-state index in [1.165, 1.54) is 5.56 Å². The van der Waals surface area contributed by atoms with Gasteiger partial charge in [-0.25, -0.2) is 0 Å². The maximum atomic E-state index is 9.94. The molecule has 0 saturated heterocycles. The van der Waals surface area contributed by atoms with Crippen molar-refractivity contribution in [2.45, 2.75) is 10.9 Å². The smallest absolute Gasteiger partial charge is 0.191 e. The number of nitrogens with zero attached hydrogens (tertiary/aromatic N) is 3. The highest BCUT2D eigenvalue weighted by molar-refractivity contribution is 9.10. The number of phenols is 1. The molecule has 4 nitrogen and oxygen atoms in total. The van der Waals surface area contributed by atoms with Crippen LogP contribution in [0.25, 0.3) is 11.4 Å². The number of para-hydroxylation sites is 1. The number of aromatic nitrogens is 3. The molecule has 0 saturated carbocycles. The predicted molar refractivity (Wildman–Crippen MR) is 91.8 cm³/mol. The fraction of sp³-hybridized carbons (Fsp3) is 0.125. The Labute approximate surface area is 141 Å². The van der Waals surface area contributed by atoms with Gasteiger partial charge in [-0.2, -0.15) is 0 Å². The monoisotopic (exact) mass is 375 g/mol. The van der Waals surface area contributed by atoms with Gasteiger partial charge in [-0.1, -0.05) is 52.0 Å². The van der Waals surface area contributed by atoms with Gasteiger partial charge in [0.15, 0.2) is 11.0 Å². The fourth-order valence-corrected chi connectivity index (χ4v) is 3.20. The Hall–Kier alpha value is -1.79. The summed E-state index contributed by atoms with van der Waals surface area (Å²) in [6.07, 6.45) is 0. The first-order valence-electron chi connectivity index (χ1n) is 6.70. The summed E-state index contributed by atoms with van der Waals surface area (Å²) >= 11 is 5.05. The number of hydrogen-bond donors (Lipinski definition) is 1. The molecule has 1 N–H and O–H groups in total. The highest BCUT2D eigenvalue weighted by atomic mass is 79.9. The average Bonchev–Trinajstić information content (AvgIpc) is 2.88. The molecule has 0 aliphatic heterocycles. The summed E-state index contributed by atoms with van der Waals surface area (Å²) in [5.41, 5.74) is 1.91. The van der Waals surface area contributed by atoms with Crippen LogP contribution >= 0.6 is 27.7 Å². The second-order valence-electron chi connectivity index (χ2n) is 4.80. The van der Waals surface area contributed by atoms with Crippen molar-refractivity contribution >= 4 is 27.7 Å². The molecule has 0 spiro atoms. The SMILES string of the molecule is Cn1c(SCc2ccc(Br)cc2)nnc1-c1ccccc1O. The Balaban J connectivity index is 1.79. The first-order valence-corrected chi connectivity index (χ1v) is 8.48. The van der Waals surface area contributed by atoms with E-state index in [9.17, 15) is 5.11 Å². The number of halogens is 1. The van der Waals surface area contributed by atoms with E-state index >= 15 is 0 Å². The Bertz CT molecular complexity index is 786. The van der Waals surface area contributed by atoms with Crippen molar-refractivity contribution in [3.63, 3.8) is 0 Å². The number of aromatic hydroxyl groups is 1. The molecule has 0 fully saturated rings. The number of hydrogen-bond acceptors (Lipinski definition) is 4. The lowest BCUT2D eigenvalue weighted by Crippen LogP contribution is -1.95. The van der Waals surface area contributed by atoms with E-state index in [0.717, 1.165) is 15.4 Å². The molecule has 1 heterocycles. The van der Waals surface area contributed by atoms with Crippen LogP contribution in [-0.4, -0.2) is 19.9 Å². The normalized spacial score (nSPS) is 10.8. The molecule has 1 aromatic heterocycles. The lowest BCUT2D eigenvalue weighted by molar-refractivity contribution is 0.476. The van der Waals surface area contributed by atoms with Crippen LogP contribution in [0.3, 0.4) is 0 Å². The maximum absolute atomic E-state index is 9.94. The molecule has 0 aliphatic rings. The zero-order chi connectivity index (χ0) is 15.5. The number of benzene rings is 2. The predicted octanol–water partition coefficient (Wildman–Crippen LogP) is 4.24. The van der Waals surface area contributed by atoms with Gasteiger partial charge < -0.3 is 9.67 Å². The molecule has 0 unspecified atom stereocenters. The minimum Gasteiger partial charge on any atom is -0.507 e. The van der Waals surface area contributed by atoms with E-state index in [-0.39, 0.29) is 5.75 Å². The lowest BCUT2D eigenvalue weighted by Gasteiger charge is -2.05. The summed E-state index contributed by atoms with van der Waals surface area (Å²) in [5, 5.41) is 19.2. The van der Waals surface area contributed by atoms with Crippen molar-refractivity contribution in [1.29, 1.82) is 0 Å². The van der Waals surface area contributed by atoms with E-state index in [1.54, 1.807) is 23.9 Å². The van der Waals surface area contributed by atoms with Crippen molar-refractivity contribution < 1.29 is 5.11 Å². The fourth-order valence-electron chi connectivity index (χ4n) is 2.07. The summed E-state index contributed by atoms with van der Waals surface area (Å²) in [5.74, 6) is 1.69. The van der Waals surface area contributed by atoms with Gasteiger partial charge in [-0.15, -0.1) is 10.2 Å². The molecule has 0 bridgehead atoms. The molecule has 3 aromatic rings. The van der Waals surface area contributed by atoms with Gasteiger partial charge in [0.1, 0.15) is 5.75 Å². The van der Waals surface area contributed by atoms with Crippen molar-refractivity contribution in [3.8, 4) is 17.1 Å². The average molecular weight is 376 g/mol. The van der Waals surface area contributed by atoms with E-state index in [1.807, 2.05) is 35.9 Å². The zero-order valence-electron chi connectivity index (χ0n) is 11.9. The van der Waals surface area contributed by atoms with Crippen LogP contribution < -0.4 is 0 Å². The van der Waals surface area contributed by atoms with Crippen molar-refractivity contribution in [1.82, 2.24) is 14.8 Å². The van der Waals surface area contributed by atoms with Crippen LogP contribution in [0.15, 0.2) is 58.2 Å². The topological polar surface area (TPSA) is 50.9 Å². The Morgan fingerprint density at radius 3 is 2.55 bits per heavy atom. The van der Waals surface area contributed by atoms with Crippen molar-refractivity contribution in [2.24, 2.45) is 7.05 Å². The molecule has 0 atom stereocenters. The van der Waals surface area contributed by atoms with Crippen LogP contribution in [-0.2, 0) is 12.8 Å². The van der Waals surface area contributed by atoms with Crippen LogP contribution in [0.2, 0.25) is 0 Å². The van der Waals surface area contributed by atoms with E-state index in [4.69, 9.17) is 0 Å². The molecular weight excluding hydrogens is 362 g/mol. The zero-order valence-corrected chi connectivity index (χ0v) is 14.3. The number of phenolic OH excluding ortho intramolecular Hbond substituents is 1. The van der Waals surface area contributed by atoms with Gasteiger partial charge in [0.2, 0.25) is 0 Å². The van der Waals surface area contributed by atoms with Crippen LogP contribution in [0.1, 0.15) is 5.56 Å². The number of thioether (sulfide) groups is 1. The summed E-state index contributed by atoms with van der Waals surface area (Å²) in [4.78, 5) is 0. The third-order valence-electron chi connectivity index (χ3n) is 3.26. The van der Waals surface area contributed by atoms with E-state index < -0.39 is 0 Å². The molecule has 22 heavy (non-hydrogen) atoms. The van der Waals surface area contributed by atoms with Gasteiger partial charge >= 0.3 is 0 Å². The molecule has 6 heteroatoms. The Kier molecular flexibility index (Phi) is 4.49. The molecule has 112 valence electrons. The van der Waals surface area contributed by atoms with Gasteiger partial charge in [-0.3, -0.25) is 0 Å². The standard InChI is InChI=1S/C16H14BrN3OS/c1-20-15(13-4-2-3-5-14(13)21)18-19-16(20)22-10-11-6-8-12(17)9-7-11/h2-9,21H,10H2,1H3. The summed E-state index contributed by atoms with van der Waals surface area (Å²) < 4.78 is 2.97. The third kappa shape index (κ3) is 3.18.